The second-order valence-corrected chi connectivity index (χ2v) is 10.1. The number of nitro groups is 2. The van der Waals surface area contributed by atoms with Crippen LogP contribution in [0.5, 0.6) is 11.5 Å². The van der Waals surface area contributed by atoms with E-state index in [-0.39, 0.29) is 23.1 Å². The average Bonchev–Trinajstić information content (AvgIpc) is 3.26. The number of aryl methyl sites for hydroxylation is 2. The number of ether oxygens (including phenoxy) is 2. The van der Waals surface area contributed by atoms with Gasteiger partial charge in [0.1, 0.15) is 17.7 Å². The molecule has 13 heteroatoms. The molecule has 4 rings (SSSR count). The molecular formula is C26H24ClN5O6S. The highest BCUT2D eigenvalue weighted by Crippen LogP contribution is 2.43. The number of benzene rings is 3. The SMILES string of the molecule is COc1cc([C@@H](C[N+](=O)[O-])Sc2nnc(C)n2-c2cccc(C)c2)cc(Cl)c1OCc1ccc([N+](=O)[O-])cc1. The first-order chi connectivity index (χ1) is 18.7. The summed E-state index contributed by atoms with van der Waals surface area (Å²) in [6, 6.07) is 17.0. The topological polar surface area (TPSA) is 135 Å². The molecule has 1 heterocycles. The monoisotopic (exact) mass is 569 g/mol. The van der Waals surface area contributed by atoms with Gasteiger partial charge in [-0.2, -0.15) is 0 Å². The van der Waals surface area contributed by atoms with Gasteiger partial charge in [-0.25, -0.2) is 0 Å². The Morgan fingerprint density at radius 2 is 1.79 bits per heavy atom. The van der Waals surface area contributed by atoms with E-state index in [2.05, 4.69) is 10.2 Å². The minimum Gasteiger partial charge on any atom is -0.493 e. The summed E-state index contributed by atoms with van der Waals surface area (Å²) >= 11 is 7.78. The molecule has 0 radical (unpaired) electrons. The lowest BCUT2D eigenvalue weighted by atomic mass is 10.1. The highest BCUT2D eigenvalue weighted by Gasteiger charge is 2.26. The van der Waals surface area contributed by atoms with Gasteiger partial charge < -0.3 is 9.47 Å². The van der Waals surface area contributed by atoms with Gasteiger partial charge in [0, 0.05) is 22.7 Å². The van der Waals surface area contributed by atoms with Crippen LogP contribution in [-0.4, -0.2) is 38.3 Å². The molecule has 0 fully saturated rings. The van der Waals surface area contributed by atoms with Crippen LogP contribution in [0.1, 0.15) is 27.8 Å². The zero-order chi connectivity index (χ0) is 28.1. The van der Waals surface area contributed by atoms with E-state index in [9.17, 15) is 20.2 Å². The van der Waals surface area contributed by atoms with E-state index in [4.69, 9.17) is 21.1 Å². The van der Waals surface area contributed by atoms with Crippen molar-refractivity contribution in [1.29, 1.82) is 0 Å². The van der Waals surface area contributed by atoms with Gasteiger partial charge >= 0.3 is 0 Å². The van der Waals surface area contributed by atoms with Crippen LogP contribution >= 0.6 is 23.4 Å². The Balaban J connectivity index is 1.62. The molecule has 1 atom stereocenters. The van der Waals surface area contributed by atoms with Gasteiger partial charge in [0.15, 0.2) is 16.7 Å². The van der Waals surface area contributed by atoms with E-state index in [1.165, 1.54) is 31.0 Å². The smallest absolute Gasteiger partial charge is 0.269 e. The predicted octanol–water partition coefficient (Wildman–Crippen LogP) is 6.14. The maximum Gasteiger partial charge on any atom is 0.269 e. The third-order valence-electron chi connectivity index (χ3n) is 5.77. The number of nitro benzene ring substituents is 1. The molecule has 0 aliphatic heterocycles. The average molecular weight is 570 g/mol. The summed E-state index contributed by atoms with van der Waals surface area (Å²) in [7, 11) is 1.45. The number of thioether (sulfide) groups is 1. The molecule has 0 unspecified atom stereocenters. The lowest BCUT2D eigenvalue weighted by Gasteiger charge is -2.18. The molecular weight excluding hydrogens is 546 g/mol. The molecule has 202 valence electrons. The number of hydrogen-bond acceptors (Lipinski definition) is 9. The Morgan fingerprint density at radius 3 is 2.44 bits per heavy atom. The second kappa shape index (κ2) is 12.1. The van der Waals surface area contributed by atoms with Gasteiger partial charge in [-0.3, -0.25) is 24.8 Å². The standard InChI is InChI=1S/C26H24ClN5O6S/c1-16-5-4-6-21(11-16)31-17(2)28-29-26(31)39-24(14-30(33)34)19-12-22(27)25(23(13-19)37-3)38-15-18-7-9-20(10-8-18)32(35)36/h4-13,24H,14-15H2,1-3H3/t24-/m1/s1. The third-order valence-corrected chi connectivity index (χ3v) is 7.23. The van der Waals surface area contributed by atoms with Crippen LogP contribution in [0.25, 0.3) is 5.69 Å². The van der Waals surface area contributed by atoms with Gasteiger partial charge in [-0.05, 0) is 66.9 Å². The Labute approximate surface area is 233 Å². The van der Waals surface area contributed by atoms with Crippen molar-refractivity contribution in [3.8, 4) is 17.2 Å². The highest BCUT2D eigenvalue weighted by atomic mass is 35.5. The molecule has 0 amide bonds. The minimum atomic E-state index is -0.665. The second-order valence-electron chi connectivity index (χ2n) is 8.57. The molecule has 0 aliphatic carbocycles. The zero-order valence-electron chi connectivity index (χ0n) is 21.2. The van der Waals surface area contributed by atoms with Gasteiger partial charge in [-0.15, -0.1) is 10.2 Å². The van der Waals surface area contributed by atoms with Crippen molar-refractivity contribution in [1.82, 2.24) is 14.8 Å². The van der Waals surface area contributed by atoms with Gasteiger partial charge in [0.2, 0.25) is 6.54 Å². The van der Waals surface area contributed by atoms with E-state index in [0.717, 1.165) is 11.3 Å². The normalized spacial score (nSPS) is 11.7. The van der Waals surface area contributed by atoms with E-state index in [1.807, 2.05) is 42.7 Å². The first-order valence-corrected chi connectivity index (χ1v) is 12.9. The largest absolute Gasteiger partial charge is 0.493 e. The van der Waals surface area contributed by atoms with Crippen molar-refractivity contribution in [3.63, 3.8) is 0 Å². The molecule has 39 heavy (non-hydrogen) atoms. The summed E-state index contributed by atoms with van der Waals surface area (Å²) in [5.74, 6) is 1.20. The number of halogens is 1. The van der Waals surface area contributed by atoms with Crippen LogP contribution in [0.2, 0.25) is 5.02 Å². The number of rotatable bonds is 11. The summed E-state index contributed by atoms with van der Waals surface area (Å²) in [6.45, 7) is 3.48. The molecule has 0 N–H and O–H groups in total. The molecule has 0 saturated carbocycles. The lowest BCUT2D eigenvalue weighted by molar-refractivity contribution is -0.479. The van der Waals surface area contributed by atoms with Gasteiger partial charge in [0.25, 0.3) is 5.69 Å². The van der Waals surface area contributed by atoms with Crippen LogP contribution in [0, 0.1) is 34.1 Å². The number of non-ortho nitro benzene ring substituents is 1. The van der Waals surface area contributed by atoms with Crippen molar-refractivity contribution in [2.45, 2.75) is 30.9 Å². The van der Waals surface area contributed by atoms with Crippen molar-refractivity contribution in [2.75, 3.05) is 13.7 Å². The Kier molecular flexibility index (Phi) is 8.67. The van der Waals surface area contributed by atoms with Crippen LogP contribution in [0.15, 0.2) is 65.8 Å². The van der Waals surface area contributed by atoms with Crippen molar-refractivity contribution < 1.29 is 19.3 Å². The Hall–Kier alpha value is -4.16. The third kappa shape index (κ3) is 6.65. The Bertz CT molecular complexity index is 1510. The molecule has 4 aromatic rings. The van der Waals surface area contributed by atoms with Crippen molar-refractivity contribution in [3.05, 3.63) is 108 Å². The van der Waals surface area contributed by atoms with Crippen LogP contribution in [0.3, 0.4) is 0 Å². The maximum atomic E-state index is 11.6. The van der Waals surface area contributed by atoms with E-state index >= 15 is 0 Å². The first kappa shape index (κ1) is 27.9. The number of aromatic nitrogens is 3. The fourth-order valence-corrected chi connectivity index (χ4v) is 5.32. The Morgan fingerprint density at radius 1 is 1.05 bits per heavy atom. The molecule has 0 bridgehead atoms. The van der Waals surface area contributed by atoms with Crippen LogP contribution in [-0.2, 0) is 6.61 Å². The quantitative estimate of drug-likeness (QED) is 0.118. The summed E-state index contributed by atoms with van der Waals surface area (Å²) in [6.07, 6.45) is 0. The van der Waals surface area contributed by atoms with E-state index < -0.39 is 21.6 Å². The number of nitrogens with zero attached hydrogens (tertiary/aromatic N) is 5. The molecule has 0 saturated heterocycles. The van der Waals surface area contributed by atoms with Gasteiger partial charge in [-0.1, -0.05) is 35.5 Å². The zero-order valence-corrected chi connectivity index (χ0v) is 22.8. The van der Waals surface area contributed by atoms with E-state index in [0.29, 0.717) is 27.9 Å². The molecule has 3 aromatic carbocycles. The van der Waals surface area contributed by atoms with Crippen LogP contribution < -0.4 is 9.47 Å². The summed E-state index contributed by atoms with van der Waals surface area (Å²) in [4.78, 5) is 21.6. The van der Waals surface area contributed by atoms with Crippen molar-refractivity contribution in [2.24, 2.45) is 0 Å². The summed E-state index contributed by atoms with van der Waals surface area (Å²) in [5.41, 5.74) is 3.12. The predicted molar refractivity (Wildman–Crippen MR) is 147 cm³/mol. The number of hydrogen-bond donors (Lipinski definition) is 0. The molecule has 0 spiro atoms. The maximum absolute atomic E-state index is 11.6. The molecule has 1 aromatic heterocycles. The summed E-state index contributed by atoms with van der Waals surface area (Å²) < 4.78 is 13.2. The van der Waals surface area contributed by atoms with Crippen LogP contribution in [0.4, 0.5) is 5.69 Å². The van der Waals surface area contributed by atoms with Crippen molar-refractivity contribution >= 4 is 29.1 Å². The van der Waals surface area contributed by atoms with Gasteiger partial charge in [0.05, 0.1) is 17.1 Å². The minimum absolute atomic E-state index is 0.0264. The highest BCUT2D eigenvalue weighted by molar-refractivity contribution is 7.99. The molecule has 0 aliphatic rings. The fraction of sp³-hybridized carbons (Fsp3) is 0.231. The van der Waals surface area contributed by atoms with E-state index in [1.54, 1.807) is 24.3 Å². The number of methoxy groups -OCH3 is 1. The lowest BCUT2D eigenvalue weighted by Crippen LogP contribution is -2.12. The molecule has 11 nitrogen and oxygen atoms in total. The first-order valence-electron chi connectivity index (χ1n) is 11.7. The fourth-order valence-electron chi connectivity index (χ4n) is 3.89. The summed E-state index contributed by atoms with van der Waals surface area (Å²) in [5, 5.41) is 31.0.